The zero-order chi connectivity index (χ0) is 9.68. The summed E-state index contributed by atoms with van der Waals surface area (Å²) in [6.45, 7) is 3.59. The number of hydrogen-bond acceptors (Lipinski definition) is 2. The molecule has 0 aromatic heterocycles. The van der Waals surface area contributed by atoms with Crippen LogP contribution in [0.4, 0.5) is 0 Å². The molecule has 1 aliphatic carbocycles. The van der Waals surface area contributed by atoms with Crippen LogP contribution < -0.4 is 10.6 Å². The van der Waals surface area contributed by atoms with E-state index >= 15 is 0 Å². The fraction of sp³-hybridized carbons (Fsp3) is 0.889. The van der Waals surface area contributed by atoms with Gasteiger partial charge in [-0.1, -0.05) is 15.9 Å². The van der Waals surface area contributed by atoms with Gasteiger partial charge in [-0.15, -0.1) is 0 Å². The SMILES string of the molecule is CC(NCCBr)C(=O)NCC1CC1. The van der Waals surface area contributed by atoms with Gasteiger partial charge in [-0.05, 0) is 25.7 Å². The molecular weight excluding hydrogens is 232 g/mol. The minimum Gasteiger partial charge on any atom is -0.354 e. The second kappa shape index (κ2) is 5.60. The number of halogens is 1. The molecule has 1 amide bonds. The molecule has 0 aromatic rings. The van der Waals surface area contributed by atoms with Crippen LogP contribution >= 0.6 is 15.9 Å². The van der Waals surface area contributed by atoms with Crippen LogP contribution in [0.3, 0.4) is 0 Å². The van der Waals surface area contributed by atoms with Crippen LogP contribution in [0.15, 0.2) is 0 Å². The number of rotatable bonds is 6. The van der Waals surface area contributed by atoms with Gasteiger partial charge in [-0.2, -0.15) is 0 Å². The molecule has 1 aliphatic rings. The Balaban J connectivity index is 2.05. The normalized spacial score (nSPS) is 18.3. The minimum atomic E-state index is -0.0729. The van der Waals surface area contributed by atoms with E-state index in [4.69, 9.17) is 0 Å². The van der Waals surface area contributed by atoms with Crippen molar-refractivity contribution < 1.29 is 4.79 Å². The maximum atomic E-state index is 11.4. The Labute approximate surface area is 87.8 Å². The van der Waals surface area contributed by atoms with Gasteiger partial charge >= 0.3 is 0 Å². The van der Waals surface area contributed by atoms with Gasteiger partial charge in [0, 0.05) is 18.4 Å². The monoisotopic (exact) mass is 248 g/mol. The largest absolute Gasteiger partial charge is 0.354 e. The third-order valence-electron chi connectivity index (χ3n) is 2.20. The first-order chi connectivity index (χ1) is 6.24. The molecule has 76 valence electrons. The van der Waals surface area contributed by atoms with E-state index < -0.39 is 0 Å². The van der Waals surface area contributed by atoms with Crippen LogP contribution in [-0.2, 0) is 4.79 Å². The quantitative estimate of drug-likeness (QED) is 0.686. The number of carbonyl (C=O) groups excluding carboxylic acids is 1. The van der Waals surface area contributed by atoms with Crippen molar-refractivity contribution in [1.29, 1.82) is 0 Å². The van der Waals surface area contributed by atoms with E-state index in [1.54, 1.807) is 0 Å². The van der Waals surface area contributed by atoms with E-state index in [1.165, 1.54) is 12.8 Å². The van der Waals surface area contributed by atoms with Crippen LogP contribution in [0.1, 0.15) is 19.8 Å². The van der Waals surface area contributed by atoms with Crippen molar-refractivity contribution in [3.8, 4) is 0 Å². The first kappa shape index (κ1) is 11.0. The molecule has 3 nitrogen and oxygen atoms in total. The van der Waals surface area contributed by atoms with Gasteiger partial charge in [-0.3, -0.25) is 4.79 Å². The number of carbonyl (C=O) groups is 1. The number of nitrogens with one attached hydrogen (secondary N) is 2. The summed E-state index contributed by atoms with van der Waals surface area (Å²) < 4.78 is 0. The van der Waals surface area contributed by atoms with Gasteiger partial charge < -0.3 is 10.6 Å². The van der Waals surface area contributed by atoms with Gasteiger partial charge in [0.1, 0.15) is 0 Å². The Morgan fingerprint density at radius 2 is 2.31 bits per heavy atom. The summed E-state index contributed by atoms with van der Waals surface area (Å²) in [5.74, 6) is 0.875. The predicted octanol–water partition coefficient (Wildman–Crippen LogP) is 0.886. The number of amides is 1. The van der Waals surface area contributed by atoms with Crippen LogP contribution in [0.2, 0.25) is 0 Å². The Hall–Kier alpha value is -0.0900. The molecule has 1 saturated carbocycles. The van der Waals surface area contributed by atoms with Gasteiger partial charge in [0.05, 0.1) is 6.04 Å². The molecule has 0 radical (unpaired) electrons. The summed E-state index contributed by atoms with van der Waals surface area (Å²) >= 11 is 3.30. The van der Waals surface area contributed by atoms with E-state index in [0.29, 0.717) is 0 Å². The first-order valence-corrected chi connectivity index (χ1v) is 5.93. The molecule has 1 fully saturated rings. The maximum absolute atomic E-state index is 11.4. The van der Waals surface area contributed by atoms with Crippen molar-refractivity contribution in [2.45, 2.75) is 25.8 Å². The fourth-order valence-corrected chi connectivity index (χ4v) is 1.31. The minimum absolute atomic E-state index is 0.0729. The summed E-state index contributed by atoms with van der Waals surface area (Å²) in [6.07, 6.45) is 2.56. The topological polar surface area (TPSA) is 41.1 Å². The Morgan fingerprint density at radius 1 is 1.62 bits per heavy atom. The van der Waals surface area contributed by atoms with E-state index in [0.717, 1.165) is 24.3 Å². The highest BCUT2D eigenvalue weighted by atomic mass is 79.9. The molecule has 2 N–H and O–H groups in total. The lowest BCUT2D eigenvalue weighted by Crippen LogP contribution is -2.43. The molecule has 1 atom stereocenters. The molecule has 0 bridgehead atoms. The van der Waals surface area contributed by atoms with Crippen molar-refractivity contribution >= 4 is 21.8 Å². The highest BCUT2D eigenvalue weighted by Gasteiger charge is 2.22. The standard InChI is InChI=1S/C9H17BrN2O/c1-7(11-5-4-10)9(13)12-6-8-2-3-8/h7-8,11H,2-6H2,1H3,(H,12,13). The summed E-state index contributed by atoms with van der Waals surface area (Å²) in [7, 11) is 0. The van der Waals surface area contributed by atoms with Crippen molar-refractivity contribution in [2.75, 3.05) is 18.4 Å². The summed E-state index contributed by atoms with van der Waals surface area (Å²) in [6, 6.07) is -0.0729. The van der Waals surface area contributed by atoms with E-state index in [-0.39, 0.29) is 11.9 Å². The Kier molecular flexibility index (Phi) is 4.73. The van der Waals surface area contributed by atoms with E-state index in [2.05, 4.69) is 26.6 Å². The summed E-state index contributed by atoms with van der Waals surface area (Å²) in [5, 5.41) is 6.94. The molecule has 13 heavy (non-hydrogen) atoms. The molecule has 0 heterocycles. The summed E-state index contributed by atoms with van der Waals surface area (Å²) in [4.78, 5) is 11.4. The van der Waals surface area contributed by atoms with Crippen molar-refractivity contribution in [3.63, 3.8) is 0 Å². The molecule has 0 aliphatic heterocycles. The number of alkyl halides is 1. The van der Waals surface area contributed by atoms with E-state index in [1.807, 2.05) is 6.92 Å². The van der Waals surface area contributed by atoms with Gasteiger partial charge in [0.25, 0.3) is 0 Å². The second-order valence-corrected chi connectivity index (χ2v) is 4.35. The van der Waals surface area contributed by atoms with Gasteiger partial charge in [-0.25, -0.2) is 0 Å². The number of hydrogen-bond donors (Lipinski definition) is 2. The lowest BCUT2D eigenvalue weighted by atomic mass is 10.3. The van der Waals surface area contributed by atoms with E-state index in [9.17, 15) is 4.79 Å². The Morgan fingerprint density at radius 3 is 2.85 bits per heavy atom. The summed E-state index contributed by atoms with van der Waals surface area (Å²) in [5.41, 5.74) is 0. The van der Waals surface area contributed by atoms with Gasteiger partial charge in [0.15, 0.2) is 0 Å². The molecular formula is C9H17BrN2O. The second-order valence-electron chi connectivity index (χ2n) is 3.55. The smallest absolute Gasteiger partial charge is 0.236 e. The third kappa shape index (κ3) is 4.62. The molecule has 0 saturated heterocycles. The highest BCUT2D eigenvalue weighted by molar-refractivity contribution is 9.09. The lowest BCUT2D eigenvalue weighted by Gasteiger charge is -2.12. The van der Waals surface area contributed by atoms with Crippen molar-refractivity contribution in [3.05, 3.63) is 0 Å². The Bertz CT molecular complexity index is 171. The average molecular weight is 249 g/mol. The molecule has 1 rings (SSSR count). The molecule has 1 unspecified atom stereocenters. The van der Waals surface area contributed by atoms with Crippen molar-refractivity contribution in [1.82, 2.24) is 10.6 Å². The van der Waals surface area contributed by atoms with Gasteiger partial charge in [0.2, 0.25) is 5.91 Å². The average Bonchev–Trinajstić information content (AvgIpc) is 2.93. The van der Waals surface area contributed by atoms with Crippen molar-refractivity contribution in [2.24, 2.45) is 5.92 Å². The molecule has 0 aromatic carbocycles. The first-order valence-electron chi connectivity index (χ1n) is 4.81. The van der Waals surface area contributed by atoms with Crippen LogP contribution in [0, 0.1) is 5.92 Å². The maximum Gasteiger partial charge on any atom is 0.236 e. The highest BCUT2D eigenvalue weighted by Crippen LogP contribution is 2.27. The lowest BCUT2D eigenvalue weighted by molar-refractivity contribution is -0.122. The molecule has 4 heteroatoms. The van der Waals surface area contributed by atoms with Crippen LogP contribution in [0.5, 0.6) is 0 Å². The van der Waals surface area contributed by atoms with Crippen LogP contribution in [-0.4, -0.2) is 30.4 Å². The molecule has 0 spiro atoms. The predicted molar refractivity (Wildman–Crippen MR) is 57.0 cm³/mol. The zero-order valence-corrected chi connectivity index (χ0v) is 9.56. The fourth-order valence-electron chi connectivity index (χ4n) is 1.08. The third-order valence-corrected chi connectivity index (χ3v) is 2.60. The zero-order valence-electron chi connectivity index (χ0n) is 7.98. The van der Waals surface area contributed by atoms with Crippen LogP contribution in [0.25, 0.3) is 0 Å².